The SMILES string of the molecule is O=C(Nc1ccc2c(c1)CN(S(=O)(=O)c1ccc(Cl)cc1)CC2)c1cccc([N+](=O)[O-])c1. The number of amides is 1. The first-order chi connectivity index (χ1) is 15.2. The molecule has 0 aromatic heterocycles. The summed E-state index contributed by atoms with van der Waals surface area (Å²) in [7, 11) is -3.69. The molecule has 0 aliphatic carbocycles. The van der Waals surface area contributed by atoms with Gasteiger partial charge >= 0.3 is 0 Å². The molecule has 0 spiro atoms. The number of benzene rings is 3. The Hall–Kier alpha value is -3.27. The molecule has 32 heavy (non-hydrogen) atoms. The number of fused-ring (bicyclic) bond motifs is 1. The maximum atomic E-state index is 13.0. The molecular weight excluding hydrogens is 454 g/mol. The van der Waals surface area contributed by atoms with Gasteiger partial charge in [0.05, 0.1) is 9.82 Å². The van der Waals surface area contributed by atoms with Gasteiger partial charge in [0.25, 0.3) is 11.6 Å². The fourth-order valence-electron chi connectivity index (χ4n) is 3.53. The van der Waals surface area contributed by atoms with Gasteiger partial charge in [-0.2, -0.15) is 4.31 Å². The Bertz CT molecular complexity index is 1310. The summed E-state index contributed by atoms with van der Waals surface area (Å²) in [6.45, 7) is 0.512. The predicted octanol–water partition coefficient (Wildman–Crippen LogP) is 4.25. The van der Waals surface area contributed by atoms with Crippen LogP contribution in [0.2, 0.25) is 5.02 Å². The van der Waals surface area contributed by atoms with E-state index in [2.05, 4.69) is 5.32 Å². The lowest BCUT2D eigenvalue weighted by atomic mass is 10.0. The average molecular weight is 472 g/mol. The summed E-state index contributed by atoms with van der Waals surface area (Å²) in [5.74, 6) is -0.491. The number of nitrogens with one attached hydrogen (secondary N) is 1. The van der Waals surface area contributed by atoms with E-state index in [0.29, 0.717) is 23.7 Å². The van der Waals surface area contributed by atoms with E-state index in [-0.39, 0.29) is 22.7 Å². The maximum Gasteiger partial charge on any atom is 0.270 e. The lowest BCUT2D eigenvalue weighted by Gasteiger charge is -2.28. The highest BCUT2D eigenvalue weighted by Crippen LogP contribution is 2.28. The molecule has 1 N–H and O–H groups in total. The third kappa shape index (κ3) is 4.50. The van der Waals surface area contributed by atoms with Crippen LogP contribution < -0.4 is 5.32 Å². The van der Waals surface area contributed by atoms with E-state index in [0.717, 1.165) is 11.1 Å². The molecule has 0 saturated carbocycles. The second kappa shape index (κ2) is 8.70. The third-order valence-corrected chi connectivity index (χ3v) is 7.32. The second-order valence-electron chi connectivity index (χ2n) is 7.29. The van der Waals surface area contributed by atoms with Gasteiger partial charge < -0.3 is 5.32 Å². The molecule has 1 amide bonds. The molecule has 1 aliphatic rings. The number of sulfonamides is 1. The number of anilines is 1. The molecule has 10 heteroatoms. The number of carbonyl (C=O) groups is 1. The van der Waals surface area contributed by atoms with Crippen molar-refractivity contribution in [3.05, 3.63) is 98.6 Å². The van der Waals surface area contributed by atoms with Crippen molar-refractivity contribution in [1.29, 1.82) is 0 Å². The standard InChI is InChI=1S/C22H18ClN3O5S/c23-18-5-8-21(9-6-18)32(30,31)25-11-10-15-4-7-19(12-17(15)14-25)24-22(27)16-2-1-3-20(13-16)26(28)29/h1-9,12-13H,10-11,14H2,(H,24,27). The minimum atomic E-state index is -3.69. The monoisotopic (exact) mass is 471 g/mol. The fraction of sp³-hybridized carbons (Fsp3) is 0.136. The van der Waals surface area contributed by atoms with Crippen LogP contribution in [0.4, 0.5) is 11.4 Å². The Kier molecular flexibility index (Phi) is 5.96. The summed E-state index contributed by atoms with van der Waals surface area (Å²) in [5, 5.41) is 14.1. The van der Waals surface area contributed by atoms with Crippen LogP contribution in [0, 0.1) is 10.1 Å². The summed E-state index contributed by atoms with van der Waals surface area (Å²) < 4.78 is 27.4. The summed E-state index contributed by atoms with van der Waals surface area (Å²) >= 11 is 5.87. The number of non-ortho nitro benzene ring substituents is 1. The fourth-order valence-corrected chi connectivity index (χ4v) is 5.08. The molecule has 164 valence electrons. The van der Waals surface area contributed by atoms with E-state index in [9.17, 15) is 23.3 Å². The van der Waals surface area contributed by atoms with Gasteiger partial charge in [-0.3, -0.25) is 14.9 Å². The molecule has 1 heterocycles. The minimum absolute atomic E-state index is 0.156. The average Bonchev–Trinajstić information content (AvgIpc) is 2.79. The number of nitro benzene ring substituents is 1. The van der Waals surface area contributed by atoms with Crippen molar-refractivity contribution in [2.24, 2.45) is 0 Å². The van der Waals surface area contributed by atoms with E-state index < -0.39 is 20.9 Å². The largest absolute Gasteiger partial charge is 0.322 e. The molecule has 3 aromatic carbocycles. The number of rotatable bonds is 5. The summed E-state index contributed by atoms with van der Waals surface area (Å²) in [4.78, 5) is 23.1. The van der Waals surface area contributed by atoms with Crippen LogP contribution in [0.3, 0.4) is 0 Å². The lowest BCUT2D eigenvalue weighted by Crippen LogP contribution is -2.36. The Morgan fingerprint density at radius 2 is 1.78 bits per heavy atom. The van der Waals surface area contributed by atoms with Crippen LogP contribution in [0.1, 0.15) is 21.5 Å². The number of hydrogen-bond acceptors (Lipinski definition) is 5. The first-order valence-electron chi connectivity index (χ1n) is 9.67. The molecule has 3 aromatic rings. The molecule has 4 rings (SSSR count). The lowest BCUT2D eigenvalue weighted by molar-refractivity contribution is -0.384. The number of carbonyl (C=O) groups excluding carboxylic acids is 1. The maximum absolute atomic E-state index is 13.0. The zero-order valence-corrected chi connectivity index (χ0v) is 18.3. The zero-order valence-electron chi connectivity index (χ0n) is 16.7. The molecule has 0 bridgehead atoms. The van der Waals surface area contributed by atoms with Crippen molar-refractivity contribution in [1.82, 2.24) is 4.31 Å². The van der Waals surface area contributed by atoms with Gasteiger partial charge in [-0.05, 0) is 60.0 Å². The molecule has 0 saturated heterocycles. The Balaban J connectivity index is 1.54. The second-order valence-corrected chi connectivity index (χ2v) is 9.66. The van der Waals surface area contributed by atoms with Gasteiger partial charge in [0.1, 0.15) is 0 Å². The summed E-state index contributed by atoms with van der Waals surface area (Å²) in [6.07, 6.45) is 0.543. The van der Waals surface area contributed by atoms with Gasteiger partial charge in [-0.1, -0.05) is 23.7 Å². The van der Waals surface area contributed by atoms with Gasteiger partial charge in [0.15, 0.2) is 0 Å². The van der Waals surface area contributed by atoms with Crippen LogP contribution in [0.25, 0.3) is 0 Å². The third-order valence-electron chi connectivity index (χ3n) is 5.21. The quantitative estimate of drug-likeness (QED) is 0.442. The molecule has 0 unspecified atom stereocenters. The normalized spacial score (nSPS) is 13.9. The van der Waals surface area contributed by atoms with Crippen LogP contribution >= 0.6 is 11.6 Å². The van der Waals surface area contributed by atoms with Crippen molar-refractivity contribution in [3.8, 4) is 0 Å². The minimum Gasteiger partial charge on any atom is -0.322 e. The van der Waals surface area contributed by atoms with E-state index in [4.69, 9.17) is 11.6 Å². The van der Waals surface area contributed by atoms with Crippen LogP contribution in [0.5, 0.6) is 0 Å². The van der Waals surface area contributed by atoms with Crippen LogP contribution in [-0.4, -0.2) is 30.1 Å². The Morgan fingerprint density at radius 3 is 2.50 bits per heavy atom. The molecular formula is C22H18ClN3O5S. The molecule has 1 aliphatic heterocycles. The first kappa shape index (κ1) is 21.9. The number of nitro groups is 1. The molecule has 8 nitrogen and oxygen atoms in total. The smallest absolute Gasteiger partial charge is 0.270 e. The zero-order chi connectivity index (χ0) is 22.9. The highest BCUT2D eigenvalue weighted by Gasteiger charge is 2.28. The van der Waals surface area contributed by atoms with Crippen molar-refractivity contribution in [2.75, 3.05) is 11.9 Å². The summed E-state index contributed by atoms with van der Waals surface area (Å²) in [6, 6.07) is 16.8. The predicted molar refractivity (Wildman–Crippen MR) is 120 cm³/mol. The van der Waals surface area contributed by atoms with Gasteiger partial charge in [0.2, 0.25) is 10.0 Å². The molecule has 0 fully saturated rings. The summed E-state index contributed by atoms with van der Waals surface area (Å²) in [5.41, 5.74) is 2.24. The van der Waals surface area contributed by atoms with Crippen LogP contribution in [0.15, 0.2) is 71.6 Å². The number of nitrogens with zero attached hydrogens (tertiary/aromatic N) is 2. The highest BCUT2D eigenvalue weighted by molar-refractivity contribution is 7.89. The van der Waals surface area contributed by atoms with E-state index in [1.165, 1.54) is 52.8 Å². The van der Waals surface area contributed by atoms with Gasteiger partial charge in [-0.15, -0.1) is 0 Å². The first-order valence-corrected chi connectivity index (χ1v) is 11.5. The Labute approximate surface area is 189 Å². The molecule has 0 atom stereocenters. The van der Waals surface area contributed by atoms with Crippen molar-refractivity contribution < 1.29 is 18.1 Å². The highest BCUT2D eigenvalue weighted by atomic mass is 35.5. The van der Waals surface area contributed by atoms with Crippen molar-refractivity contribution >= 4 is 38.9 Å². The molecule has 0 radical (unpaired) electrons. The number of halogens is 1. The van der Waals surface area contributed by atoms with E-state index >= 15 is 0 Å². The van der Waals surface area contributed by atoms with E-state index in [1.807, 2.05) is 6.07 Å². The van der Waals surface area contributed by atoms with Crippen molar-refractivity contribution in [2.45, 2.75) is 17.9 Å². The van der Waals surface area contributed by atoms with E-state index in [1.54, 1.807) is 12.1 Å². The number of hydrogen-bond donors (Lipinski definition) is 1. The van der Waals surface area contributed by atoms with Crippen molar-refractivity contribution in [3.63, 3.8) is 0 Å². The topological polar surface area (TPSA) is 110 Å². The van der Waals surface area contributed by atoms with Gasteiger partial charge in [0, 0.05) is 41.5 Å². The Morgan fingerprint density at radius 1 is 1.03 bits per heavy atom. The van der Waals surface area contributed by atoms with Gasteiger partial charge in [-0.25, -0.2) is 8.42 Å². The van der Waals surface area contributed by atoms with Crippen LogP contribution in [-0.2, 0) is 23.0 Å².